The van der Waals surface area contributed by atoms with Gasteiger partial charge in [0.25, 0.3) is 0 Å². The van der Waals surface area contributed by atoms with Crippen molar-refractivity contribution in [2.24, 2.45) is 0 Å². The van der Waals surface area contributed by atoms with Crippen molar-refractivity contribution in [2.45, 2.75) is 24.0 Å². The summed E-state index contributed by atoms with van der Waals surface area (Å²) in [7, 11) is 0. The summed E-state index contributed by atoms with van der Waals surface area (Å²) < 4.78 is 0. The molecule has 0 aromatic heterocycles. The SMILES string of the molecule is Oc1ccc(O)c2c1[C@H]1c3ccccc3[C@H]2[C@@H](O)[C@@H]1O. The minimum atomic E-state index is -0.977. The van der Waals surface area contributed by atoms with E-state index in [4.69, 9.17) is 0 Å². The van der Waals surface area contributed by atoms with Crippen LogP contribution in [0.3, 0.4) is 0 Å². The number of phenols is 2. The predicted molar refractivity (Wildman–Crippen MR) is 71.9 cm³/mol. The molecule has 0 radical (unpaired) electrons. The summed E-state index contributed by atoms with van der Waals surface area (Å²) in [5, 5.41) is 40.9. The minimum Gasteiger partial charge on any atom is -0.508 e. The molecule has 3 aliphatic carbocycles. The number of phenolic OH excluding ortho intramolecular Hbond substituents is 2. The monoisotopic (exact) mass is 270 g/mol. The number of hydrogen-bond acceptors (Lipinski definition) is 4. The van der Waals surface area contributed by atoms with Crippen molar-refractivity contribution in [3.8, 4) is 11.5 Å². The van der Waals surface area contributed by atoms with Crippen LogP contribution >= 0.6 is 0 Å². The van der Waals surface area contributed by atoms with Gasteiger partial charge in [-0.25, -0.2) is 0 Å². The van der Waals surface area contributed by atoms with E-state index in [-0.39, 0.29) is 11.5 Å². The molecule has 0 aliphatic heterocycles. The number of rotatable bonds is 0. The van der Waals surface area contributed by atoms with Gasteiger partial charge in [0, 0.05) is 23.0 Å². The Morgan fingerprint density at radius 1 is 0.650 bits per heavy atom. The van der Waals surface area contributed by atoms with Crippen LogP contribution in [0.5, 0.6) is 11.5 Å². The highest BCUT2D eigenvalue weighted by Crippen LogP contribution is 2.57. The second-order valence-electron chi connectivity index (χ2n) is 5.50. The third-order valence-electron chi connectivity index (χ3n) is 4.56. The molecule has 4 heteroatoms. The van der Waals surface area contributed by atoms with Gasteiger partial charge in [-0.1, -0.05) is 24.3 Å². The maximum Gasteiger partial charge on any atom is 0.120 e. The highest BCUT2D eigenvalue weighted by Gasteiger charge is 2.50. The van der Waals surface area contributed by atoms with Gasteiger partial charge in [0.2, 0.25) is 0 Å². The first-order chi connectivity index (χ1) is 9.61. The molecule has 3 aliphatic rings. The van der Waals surface area contributed by atoms with Crippen molar-refractivity contribution in [1.82, 2.24) is 0 Å². The maximum absolute atomic E-state index is 10.3. The van der Waals surface area contributed by atoms with E-state index in [1.807, 2.05) is 24.3 Å². The molecule has 2 aromatic carbocycles. The van der Waals surface area contributed by atoms with E-state index in [9.17, 15) is 20.4 Å². The molecule has 102 valence electrons. The van der Waals surface area contributed by atoms with Crippen LogP contribution in [0.25, 0.3) is 0 Å². The summed E-state index contributed by atoms with van der Waals surface area (Å²) >= 11 is 0. The summed E-state index contributed by atoms with van der Waals surface area (Å²) in [6.07, 6.45) is -1.95. The van der Waals surface area contributed by atoms with Crippen LogP contribution in [-0.4, -0.2) is 32.6 Å². The highest BCUT2D eigenvalue weighted by atomic mass is 16.3. The molecule has 20 heavy (non-hydrogen) atoms. The Morgan fingerprint density at radius 3 is 1.45 bits per heavy atom. The van der Waals surface area contributed by atoms with Crippen molar-refractivity contribution in [3.63, 3.8) is 0 Å². The lowest BCUT2D eigenvalue weighted by Crippen LogP contribution is -2.47. The average Bonchev–Trinajstić information content (AvgIpc) is 2.46. The summed E-state index contributed by atoms with van der Waals surface area (Å²) in [5.74, 6) is -0.914. The molecule has 5 rings (SSSR count). The molecular weight excluding hydrogens is 256 g/mol. The fraction of sp³-hybridized carbons (Fsp3) is 0.250. The molecule has 0 saturated heterocycles. The second-order valence-corrected chi connectivity index (χ2v) is 5.50. The van der Waals surface area contributed by atoms with Crippen LogP contribution < -0.4 is 0 Å². The van der Waals surface area contributed by atoms with E-state index < -0.39 is 24.0 Å². The number of aliphatic hydroxyl groups excluding tert-OH is 2. The third-order valence-corrected chi connectivity index (χ3v) is 4.56. The molecular formula is C16H14O4. The molecule has 2 bridgehead atoms. The van der Waals surface area contributed by atoms with E-state index in [2.05, 4.69) is 0 Å². The second kappa shape index (κ2) is 3.75. The van der Waals surface area contributed by atoms with E-state index in [0.717, 1.165) is 11.1 Å². The van der Waals surface area contributed by atoms with Crippen LogP contribution in [0, 0.1) is 0 Å². The van der Waals surface area contributed by atoms with Crippen LogP contribution in [0.2, 0.25) is 0 Å². The summed E-state index contributed by atoms with van der Waals surface area (Å²) in [6, 6.07) is 10.4. The van der Waals surface area contributed by atoms with Crippen molar-refractivity contribution in [3.05, 3.63) is 58.7 Å². The molecule has 0 unspecified atom stereocenters. The van der Waals surface area contributed by atoms with Crippen LogP contribution in [0.4, 0.5) is 0 Å². The average molecular weight is 270 g/mol. The molecule has 0 saturated carbocycles. The normalized spacial score (nSPS) is 29.9. The first kappa shape index (κ1) is 11.8. The topological polar surface area (TPSA) is 80.9 Å². The van der Waals surface area contributed by atoms with Crippen LogP contribution in [0.1, 0.15) is 34.1 Å². The lowest BCUT2D eigenvalue weighted by Gasteiger charge is -2.46. The first-order valence-corrected chi connectivity index (χ1v) is 6.61. The molecule has 4 atom stereocenters. The van der Waals surface area contributed by atoms with E-state index >= 15 is 0 Å². The molecule has 0 spiro atoms. The zero-order valence-corrected chi connectivity index (χ0v) is 10.6. The lowest BCUT2D eigenvalue weighted by atomic mass is 9.60. The maximum atomic E-state index is 10.3. The van der Waals surface area contributed by atoms with Gasteiger partial charge in [0.1, 0.15) is 11.5 Å². The van der Waals surface area contributed by atoms with Crippen molar-refractivity contribution in [2.75, 3.05) is 0 Å². The van der Waals surface area contributed by atoms with Crippen LogP contribution in [0.15, 0.2) is 36.4 Å². The summed E-state index contributed by atoms with van der Waals surface area (Å²) in [4.78, 5) is 0. The number of fused-ring (bicyclic) bond motifs is 1. The standard InChI is InChI=1S/C16H14O4/c17-9-5-6-10(18)14-12-8-4-2-1-3-7(8)11(13(9)14)15(19)16(12)20/h1-6,11-12,15-20H/t11-,12-,15-,16-/m1/s1. The molecule has 2 aromatic rings. The summed E-state index contributed by atoms with van der Waals surface area (Å²) in [6.45, 7) is 0. The smallest absolute Gasteiger partial charge is 0.120 e. The van der Waals surface area contributed by atoms with Crippen molar-refractivity contribution < 1.29 is 20.4 Å². The van der Waals surface area contributed by atoms with Gasteiger partial charge < -0.3 is 20.4 Å². The molecule has 0 heterocycles. The Labute approximate surface area is 115 Å². The van der Waals surface area contributed by atoms with Gasteiger partial charge in [-0.2, -0.15) is 0 Å². The Hall–Kier alpha value is -2.04. The largest absolute Gasteiger partial charge is 0.508 e. The molecule has 4 nitrogen and oxygen atoms in total. The third kappa shape index (κ3) is 1.23. The summed E-state index contributed by atoms with van der Waals surface area (Å²) in [5.41, 5.74) is 2.88. The molecule has 4 N–H and O–H groups in total. The quantitative estimate of drug-likeness (QED) is 0.546. The van der Waals surface area contributed by atoms with E-state index in [0.29, 0.717) is 11.1 Å². The van der Waals surface area contributed by atoms with Gasteiger partial charge in [-0.15, -0.1) is 0 Å². The fourth-order valence-corrected chi connectivity index (χ4v) is 3.76. The van der Waals surface area contributed by atoms with Gasteiger partial charge in [-0.3, -0.25) is 0 Å². The Bertz CT molecular complexity index is 650. The number of benzene rings is 2. The zero-order chi connectivity index (χ0) is 14.0. The van der Waals surface area contributed by atoms with Gasteiger partial charge in [-0.05, 0) is 23.3 Å². The first-order valence-electron chi connectivity index (χ1n) is 6.61. The van der Waals surface area contributed by atoms with E-state index in [1.54, 1.807) is 0 Å². The lowest BCUT2D eigenvalue weighted by molar-refractivity contribution is -0.0165. The Morgan fingerprint density at radius 2 is 1.05 bits per heavy atom. The Kier molecular flexibility index (Phi) is 2.20. The highest BCUT2D eigenvalue weighted by molar-refractivity contribution is 5.65. The number of aliphatic hydroxyl groups is 2. The van der Waals surface area contributed by atoms with Gasteiger partial charge in [0.15, 0.2) is 0 Å². The molecule has 0 amide bonds. The van der Waals surface area contributed by atoms with Crippen molar-refractivity contribution in [1.29, 1.82) is 0 Å². The number of aromatic hydroxyl groups is 2. The Balaban J connectivity index is 2.11. The van der Waals surface area contributed by atoms with E-state index in [1.165, 1.54) is 12.1 Å². The zero-order valence-electron chi connectivity index (χ0n) is 10.6. The van der Waals surface area contributed by atoms with Gasteiger partial charge in [0.05, 0.1) is 12.2 Å². The number of hydrogen-bond donors (Lipinski definition) is 4. The van der Waals surface area contributed by atoms with Crippen molar-refractivity contribution >= 4 is 0 Å². The predicted octanol–water partition coefficient (Wildman–Crippen LogP) is 1.41. The fourth-order valence-electron chi connectivity index (χ4n) is 3.76. The molecule has 0 fully saturated rings. The van der Waals surface area contributed by atoms with Crippen LogP contribution in [-0.2, 0) is 0 Å². The van der Waals surface area contributed by atoms with Gasteiger partial charge >= 0.3 is 0 Å². The minimum absolute atomic E-state index is 0.0493.